The lowest BCUT2D eigenvalue weighted by Crippen LogP contribution is -2.41. The van der Waals surface area contributed by atoms with E-state index in [4.69, 9.17) is 4.74 Å². The van der Waals surface area contributed by atoms with Crippen LogP contribution in [0.3, 0.4) is 0 Å². The maximum Gasteiger partial charge on any atom is 0.415 e. The molecule has 33 heavy (non-hydrogen) atoms. The zero-order valence-corrected chi connectivity index (χ0v) is 18.6. The quantitative estimate of drug-likeness (QED) is 0.412. The largest absolute Gasteiger partial charge is 0.477 e. The number of carboxylic acids is 1. The molecule has 0 spiro atoms. The highest BCUT2D eigenvalue weighted by atomic mass is 16.6. The number of nitro groups is 1. The molecule has 4 rings (SSSR count). The van der Waals surface area contributed by atoms with Crippen LogP contribution in [0.1, 0.15) is 48.8 Å². The highest BCUT2D eigenvalue weighted by molar-refractivity contribution is 6.01. The van der Waals surface area contributed by atoms with Gasteiger partial charge in [0, 0.05) is 29.1 Å². The molecular weight excluding hydrogens is 426 g/mol. The van der Waals surface area contributed by atoms with Crippen LogP contribution >= 0.6 is 0 Å². The number of benzene rings is 2. The van der Waals surface area contributed by atoms with Crippen molar-refractivity contribution in [3.63, 3.8) is 0 Å². The van der Waals surface area contributed by atoms with Crippen LogP contribution in [-0.4, -0.2) is 38.7 Å². The predicted molar refractivity (Wildman–Crippen MR) is 123 cm³/mol. The number of aryl methyl sites for hydroxylation is 1. The van der Waals surface area contributed by atoms with Crippen LogP contribution in [0, 0.1) is 10.1 Å². The van der Waals surface area contributed by atoms with Crippen LogP contribution in [0.25, 0.3) is 10.9 Å². The number of rotatable bonds is 5. The molecule has 0 aliphatic carbocycles. The Labute approximate surface area is 190 Å². The van der Waals surface area contributed by atoms with Crippen LogP contribution in [0.2, 0.25) is 0 Å². The van der Waals surface area contributed by atoms with Crippen molar-refractivity contribution in [2.75, 3.05) is 4.90 Å². The molecule has 0 bridgehead atoms. The number of carbonyl (C=O) groups excluding carboxylic acids is 1. The molecule has 1 amide bonds. The van der Waals surface area contributed by atoms with Gasteiger partial charge in [0.2, 0.25) is 0 Å². The number of H-pyrrole nitrogens is 1. The lowest BCUT2D eigenvalue weighted by molar-refractivity contribution is -0.384. The second-order valence-electron chi connectivity index (χ2n) is 9.18. The second kappa shape index (κ2) is 8.23. The van der Waals surface area contributed by atoms with Gasteiger partial charge in [0.15, 0.2) is 0 Å². The Morgan fingerprint density at radius 3 is 2.52 bits per heavy atom. The molecule has 2 N–H and O–H groups in total. The minimum atomic E-state index is -1.04. The van der Waals surface area contributed by atoms with Gasteiger partial charge in [-0.15, -0.1) is 0 Å². The standard InChI is InChI=1S/C24H25N3O6/c1-24(2,3)33-23(30)26-16(9-6-14-4-7-15(8-5-14)27(31)32)12-18-17-13-20(22(28)29)25-19(17)10-11-21(18)26/h4-5,7-8,10-11,13,16,25H,6,9,12H2,1-3H3,(H,28,29). The van der Waals surface area contributed by atoms with Gasteiger partial charge in [-0.2, -0.15) is 0 Å². The Balaban J connectivity index is 1.65. The van der Waals surface area contributed by atoms with Gasteiger partial charge in [-0.25, -0.2) is 9.59 Å². The molecule has 0 saturated heterocycles. The summed E-state index contributed by atoms with van der Waals surface area (Å²) in [6.45, 7) is 5.42. The third kappa shape index (κ3) is 4.52. The number of amides is 1. The number of carbonyl (C=O) groups is 2. The summed E-state index contributed by atoms with van der Waals surface area (Å²) in [5.74, 6) is -1.04. The number of nitro benzene ring substituents is 1. The second-order valence-corrected chi connectivity index (χ2v) is 9.18. The first-order valence-electron chi connectivity index (χ1n) is 10.7. The van der Waals surface area contributed by atoms with Crippen LogP contribution in [0.15, 0.2) is 42.5 Å². The summed E-state index contributed by atoms with van der Waals surface area (Å²) >= 11 is 0. The van der Waals surface area contributed by atoms with E-state index < -0.39 is 22.6 Å². The highest BCUT2D eigenvalue weighted by Gasteiger charge is 2.37. The van der Waals surface area contributed by atoms with Gasteiger partial charge >= 0.3 is 12.1 Å². The number of nitrogens with one attached hydrogen (secondary N) is 1. The smallest absolute Gasteiger partial charge is 0.415 e. The van der Waals surface area contributed by atoms with Crippen molar-refractivity contribution < 1.29 is 24.4 Å². The van der Waals surface area contributed by atoms with Crippen LogP contribution in [0.5, 0.6) is 0 Å². The van der Waals surface area contributed by atoms with E-state index in [9.17, 15) is 24.8 Å². The fraction of sp³-hybridized carbons (Fsp3) is 0.333. The molecule has 1 unspecified atom stereocenters. The van der Waals surface area contributed by atoms with Crippen molar-refractivity contribution in [3.8, 4) is 0 Å². The summed E-state index contributed by atoms with van der Waals surface area (Å²) in [6.07, 6.45) is 1.33. The van der Waals surface area contributed by atoms with Crippen molar-refractivity contribution in [2.45, 2.75) is 51.7 Å². The number of nitrogens with zero attached hydrogens (tertiary/aromatic N) is 2. The van der Waals surface area contributed by atoms with Gasteiger partial charge < -0.3 is 14.8 Å². The molecule has 1 aliphatic rings. The average molecular weight is 451 g/mol. The monoisotopic (exact) mass is 451 g/mol. The molecule has 0 saturated carbocycles. The van der Waals surface area contributed by atoms with E-state index in [1.807, 2.05) is 26.8 Å². The Morgan fingerprint density at radius 1 is 1.21 bits per heavy atom. The van der Waals surface area contributed by atoms with E-state index in [1.54, 1.807) is 29.2 Å². The number of aromatic carboxylic acids is 1. The summed E-state index contributed by atoms with van der Waals surface area (Å²) in [5, 5.41) is 21.0. The van der Waals surface area contributed by atoms with Gasteiger partial charge in [-0.3, -0.25) is 15.0 Å². The number of hydrogen-bond acceptors (Lipinski definition) is 5. The molecule has 9 heteroatoms. The molecule has 3 aromatic rings. The fourth-order valence-electron chi connectivity index (χ4n) is 4.24. The number of non-ortho nitro benzene ring substituents is 1. The van der Waals surface area contributed by atoms with Crippen molar-refractivity contribution >= 4 is 34.3 Å². The van der Waals surface area contributed by atoms with E-state index in [0.29, 0.717) is 30.5 Å². The Hall–Kier alpha value is -3.88. The van der Waals surface area contributed by atoms with Crippen LogP contribution < -0.4 is 4.90 Å². The number of carboxylic acid groups (broad SMARTS) is 1. The van der Waals surface area contributed by atoms with Gasteiger partial charge in [-0.1, -0.05) is 12.1 Å². The SMILES string of the molecule is CC(C)(C)OC(=O)N1c2ccc3[nH]c(C(=O)O)cc3c2CC1CCc1ccc([N+](=O)[O-])cc1. The summed E-state index contributed by atoms with van der Waals surface area (Å²) in [6, 6.07) is 11.4. The van der Waals surface area contributed by atoms with Crippen LogP contribution in [-0.2, 0) is 17.6 Å². The zero-order valence-electron chi connectivity index (χ0n) is 18.6. The van der Waals surface area contributed by atoms with Gasteiger partial charge in [0.1, 0.15) is 11.3 Å². The minimum absolute atomic E-state index is 0.0338. The number of hydrogen-bond donors (Lipinski definition) is 2. The topological polar surface area (TPSA) is 126 Å². The number of aromatic nitrogens is 1. The summed E-state index contributed by atoms with van der Waals surface area (Å²) in [4.78, 5) is 39.6. The maximum absolute atomic E-state index is 13.1. The summed E-state index contributed by atoms with van der Waals surface area (Å²) in [5.41, 5.74) is 2.70. The lowest BCUT2D eigenvalue weighted by atomic mass is 10.0. The molecule has 1 atom stereocenters. The zero-order chi connectivity index (χ0) is 23.9. The average Bonchev–Trinajstić information content (AvgIpc) is 3.32. The molecule has 9 nitrogen and oxygen atoms in total. The van der Waals surface area contributed by atoms with E-state index in [-0.39, 0.29) is 17.4 Å². The maximum atomic E-state index is 13.1. The van der Waals surface area contributed by atoms with E-state index in [1.165, 1.54) is 12.1 Å². The Kier molecular flexibility index (Phi) is 5.57. The first kappa shape index (κ1) is 22.3. The number of anilines is 1. The minimum Gasteiger partial charge on any atom is -0.477 e. The first-order chi connectivity index (χ1) is 15.5. The van der Waals surface area contributed by atoms with Gasteiger partial charge in [0.05, 0.1) is 10.6 Å². The number of aromatic amines is 1. The Bertz CT molecular complexity index is 1240. The van der Waals surface area contributed by atoms with Crippen molar-refractivity contribution in [2.24, 2.45) is 0 Å². The predicted octanol–water partition coefficient (Wildman–Crippen LogP) is 5.07. The van der Waals surface area contributed by atoms with Gasteiger partial charge in [-0.05, 0) is 69.4 Å². The molecule has 2 aromatic carbocycles. The van der Waals surface area contributed by atoms with E-state index >= 15 is 0 Å². The van der Waals surface area contributed by atoms with E-state index in [2.05, 4.69) is 4.98 Å². The molecule has 0 fully saturated rings. The van der Waals surface area contributed by atoms with Gasteiger partial charge in [0.25, 0.3) is 5.69 Å². The molecule has 0 radical (unpaired) electrons. The lowest BCUT2D eigenvalue weighted by Gasteiger charge is -2.29. The van der Waals surface area contributed by atoms with E-state index in [0.717, 1.165) is 16.5 Å². The molecule has 2 heterocycles. The third-order valence-corrected chi connectivity index (χ3v) is 5.69. The van der Waals surface area contributed by atoms with Crippen molar-refractivity contribution in [1.29, 1.82) is 0 Å². The summed E-state index contributed by atoms with van der Waals surface area (Å²) < 4.78 is 5.67. The van der Waals surface area contributed by atoms with Crippen molar-refractivity contribution in [3.05, 3.63) is 69.4 Å². The highest BCUT2D eigenvalue weighted by Crippen LogP contribution is 2.40. The number of fused-ring (bicyclic) bond motifs is 3. The van der Waals surface area contributed by atoms with Crippen LogP contribution in [0.4, 0.5) is 16.2 Å². The van der Waals surface area contributed by atoms with Crippen molar-refractivity contribution in [1.82, 2.24) is 4.98 Å². The third-order valence-electron chi connectivity index (χ3n) is 5.69. The summed E-state index contributed by atoms with van der Waals surface area (Å²) in [7, 11) is 0. The first-order valence-corrected chi connectivity index (χ1v) is 10.7. The molecule has 1 aromatic heterocycles. The molecule has 1 aliphatic heterocycles. The normalized spacial score (nSPS) is 15.5. The number of ether oxygens (including phenoxy) is 1. The fourth-order valence-corrected chi connectivity index (χ4v) is 4.24. The Morgan fingerprint density at radius 2 is 1.91 bits per heavy atom. The molecule has 172 valence electrons. The molecular formula is C24H25N3O6.